The maximum atomic E-state index is 11.1. The van der Waals surface area contributed by atoms with Gasteiger partial charge in [-0.1, -0.05) is 23.7 Å². The number of nitrogen functional groups attached to an aromatic ring is 1. The number of carbonyl (C=O) groups excluding carboxylic acids is 1. The number of rotatable bonds is 5. The zero-order chi connectivity index (χ0) is 21.7. The van der Waals surface area contributed by atoms with Gasteiger partial charge in [0.15, 0.2) is 29.4 Å². The minimum atomic E-state index is -1.13. The molecule has 4 rings (SSSR count). The fraction of sp³-hybridized carbons (Fsp3) is 0.105. The standard InChI is InChI=1S/C10H6ClNO3.C9H10N4OS/c11-7-3-1-2-6(4-7)9-8(10(13)14)12-5-15-9;1-6(14)8-3-2-7(15-8)5-13-11-4-9(10)12-13/h1-5H,(H,13,14);2-4H,5H2,1H3,(H2,10,12). The molecule has 154 valence electrons. The highest BCUT2D eigenvalue weighted by Gasteiger charge is 2.17. The third kappa shape index (κ3) is 5.31. The van der Waals surface area contributed by atoms with Crippen LogP contribution in [0.4, 0.5) is 5.82 Å². The topological polar surface area (TPSA) is 137 Å². The monoisotopic (exact) mass is 445 g/mol. The van der Waals surface area contributed by atoms with Gasteiger partial charge in [-0.2, -0.15) is 9.90 Å². The number of anilines is 1. The van der Waals surface area contributed by atoms with E-state index in [1.807, 2.05) is 12.1 Å². The van der Waals surface area contributed by atoms with E-state index in [0.717, 1.165) is 16.1 Å². The van der Waals surface area contributed by atoms with Crippen molar-refractivity contribution in [3.05, 3.63) is 69.5 Å². The Labute approximate surface area is 179 Å². The SMILES string of the molecule is CC(=O)c1ccc(Cn2ncc(N)n2)s1.O=C(O)c1ncoc1-c1cccc(Cl)c1. The van der Waals surface area contributed by atoms with Crippen LogP contribution in [0.2, 0.25) is 5.02 Å². The number of thiophene rings is 1. The van der Waals surface area contributed by atoms with E-state index in [2.05, 4.69) is 15.2 Å². The number of hydrogen-bond acceptors (Lipinski definition) is 8. The Bertz CT molecular complexity index is 1180. The number of aromatic carboxylic acids is 1. The Morgan fingerprint density at radius 2 is 2.10 bits per heavy atom. The van der Waals surface area contributed by atoms with Crippen LogP contribution in [0.3, 0.4) is 0 Å². The summed E-state index contributed by atoms with van der Waals surface area (Å²) in [5.41, 5.74) is 5.92. The molecule has 4 aromatic rings. The molecule has 0 aliphatic heterocycles. The summed E-state index contributed by atoms with van der Waals surface area (Å²) in [6.07, 6.45) is 2.60. The van der Waals surface area contributed by atoms with Crippen LogP contribution in [0, 0.1) is 0 Å². The van der Waals surface area contributed by atoms with Crippen molar-refractivity contribution in [1.29, 1.82) is 0 Å². The molecule has 3 aromatic heterocycles. The molecule has 3 heterocycles. The van der Waals surface area contributed by atoms with Crippen LogP contribution < -0.4 is 5.73 Å². The van der Waals surface area contributed by atoms with E-state index in [1.165, 1.54) is 22.3 Å². The minimum Gasteiger partial charge on any atom is -0.476 e. The van der Waals surface area contributed by atoms with Crippen molar-refractivity contribution in [3.8, 4) is 11.3 Å². The molecule has 9 nitrogen and oxygen atoms in total. The Morgan fingerprint density at radius 1 is 1.30 bits per heavy atom. The van der Waals surface area contributed by atoms with Gasteiger partial charge in [0, 0.05) is 15.5 Å². The Kier molecular flexibility index (Phi) is 6.60. The van der Waals surface area contributed by atoms with Crippen LogP contribution in [0.1, 0.15) is 32.0 Å². The summed E-state index contributed by atoms with van der Waals surface area (Å²) in [4.78, 5) is 28.8. The molecule has 1 aromatic carbocycles. The van der Waals surface area contributed by atoms with Crippen LogP contribution in [0.15, 0.2) is 53.4 Å². The molecule has 0 amide bonds. The van der Waals surface area contributed by atoms with Gasteiger partial charge in [0.25, 0.3) is 0 Å². The lowest BCUT2D eigenvalue weighted by atomic mass is 10.1. The second-order valence-corrected chi connectivity index (χ2v) is 7.57. The number of ketones is 1. The minimum absolute atomic E-state index is 0.0826. The number of hydrogen-bond donors (Lipinski definition) is 2. The van der Waals surface area contributed by atoms with Crippen molar-refractivity contribution < 1.29 is 19.1 Å². The first-order valence-corrected chi connectivity index (χ1v) is 9.71. The smallest absolute Gasteiger partial charge is 0.358 e. The summed E-state index contributed by atoms with van der Waals surface area (Å²) in [5.74, 6) is -0.429. The molecule has 0 saturated carbocycles. The van der Waals surface area contributed by atoms with Crippen molar-refractivity contribution in [3.63, 3.8) is 0 Å². The largest absolute Gasteiger partial charge is 0.476 e. The molecule has 0 aliphatic rings. The van der Waals surface area contributed by atoms with E-state index < -0.39 is 5.97 Å². The van der Waals surface area contributed by atoms with Crippen LogP contribution >= 0.6 is 22.9 Å². The van der Waals surface area contributed by atoms with Gasteiger partial charge < -0.3 is 15.3 Å². The number of aromatic nitrogens is 4. The van der Waals surface area contributed by atoms with Gasteiger partial charge in [-0.15, -0.1) is 16.4 Å². The fourth-order valence-electron chi connectivity index (χ4n) is 2.41. The zero-order valence-corrected chi connectivity index (χ0v) is 17.2. The molecule has 11 heteroatoms. The van der Waals surface area contributed by atoms with Gasteiger partial charge in [-0.3, -0.25) is 4.79 Å². The molecule has 0 radical (unpaired) electrons. The lowest BCUT2D eigenvalue weighted by Gasteiger charge is -1.98. The molecule has 0 aliphatic carbocycles. The number of halogens is 1. The van der Waals surface area contributed by atoms with Crippen molar-refractivity contribution in [1.82, 2.24) is 20.0 Å². The predicted octanol–water partition coefficient (Wildman–Crippen LogP) is 3.87. The number of nitrogens with zero attached hydrogens (tertiary/aromatic N) is 4. The number of carboxylic acids is 1. The van der Waals surface area contributed by atoms with Crippen molar-refractivity contribution >= 4 is 40.5 Å². The summed E-state index contributed by atoms with van der Waals surface area (Å²) in [6, 6.07) is 10.5. The number of benzene rings is 1. The molecule has 0 unspecified atom stereocenters. The number of carboxylic acid groups (broad SMARTS) is 1. The van der Waals surface area contributed by atoms with Crippen LogP contribution in [-0.2, 0) is 6.54 Å². The highest BCUT2D eigenvalue weighted by atomic mass is 35.5. The van der Waals surface area contributed by atoms with Crippen LogP contribution in [0.5, 0.6) is 0 Å². The van der Waals surface area contributed by atoms with E-state index in [9.17, 15) is 9.59 Å². The number of Topliss-reactive ketones (excluding diaryl/α,β-unsaturated/α-hetero) is 1. The van der Waals surface area contributed by atoms with Gasteiger partial charge in [0.2, 0.25) is 0 Å². The highest BCUT2D eigenvalue weighted by molar-refractivity contribution is 7.14. The summed E-state index contributed by atoms with van der Waals surface area (Å²) in [5, 5.41) is 17.3. The first kappa shape index (κ1) is 21.2. The Balaban J connectivity index is 0.000000171. The second-order valence-electron chi connectivity index (χ2n) is 5.97. The van der Waals surface area contributed by atoms with Crippen molar-refractivity contribution in [2.24, 2.45) is 0 Å². The molecular formula is C19H16ClN5O4S. The summed E-state index contributed by atoms with van der Waals surface area (Å²) >= 11 is 7.24. The number of nitrogens with two attached hydrogens (primary N) is 1. The average molecular weight is 446 g/mol. The van der Waals surface area contributed by atoms with Crippen LogP contribution in [-0.4, -0.2) is 36.8 Å². The summed E-state index contributed by atoms with van der Waals surface area (Å²) in [6.45, 7) is 2.11. The number of oxazole rings is 1. The molecule has 0 saturated heterocycles. The Morgan fingerprint density at radius 3 is 2.70 bits per heavy atom. The third-order valence-corrected chi connectivity index (χ3v) is 5.12. The molecule has 0 atom stereocenters. The van der Waals surface area contributed by atoms with Gasteiger partial charge >= 0.3 is 5.97 Å². The first-order valence-electron chi connectivity index (χ1n) is 8.51. The van der Waals surface area contributed by atoms with Crippen molar-refractivity contribution in [2.45, 2.75) is 13.5 Å². The molecule has 3 N–H and O–H groups in total. The van der Waals surface area contributed by atoms with E-state index in [0.29, 0.717) is 22.9 Å². The highest BCUT2D eigenvalue weighted by Crippen LogP contribution is 2.25. The predicted molar refractivity (Wildman–Crippen MR) is 112 cm³/mol. The maximum absolute atomic E-state index is 11.1. The lowest BCUT2D eigenvalue weighted by molar-refractivity contribution is 0.0691. The van der Waals surface area contributed by atoms with Crippen LogP contribution in [0.25, 0.3) is 11.3 Å². The van der Waals surface area contributed by atoms with Crippen molar-refractivity contribution in [2.75, 3.05) is 5.73 Å². The average Bonchev–Trinajstić information content (AvgIpc) is 3.43. The summed E-state index contributed by atoms with van der Waals surface area (Å²) in [7, 11) is 0. The van der Waals surface area contributed by atoms with Gasteiger partial charge in [-0.05, 0) is 31.2 Å². The first-order chi connectivity index (χ1) is 14.3. The lowest BCUT2D eigenvalue weighted by Crippen LogP contribution is -2.02. The van der Waals surface area contributed by atoms with Gasteiger partial charge in [0.05, 0.1) is 17.6 Å². The van der Waals surface area contributed by atoms with E-state index in [1.54, 1.807) is 31.2 Å². The summed E-state index contributed by atoms with van der Waals surface area (Å²) < 4.78 is 5.02. The second kappa shape index (κ2) is 9.33. The van der Waals surface area contributed by atoms with Gasteiger partial charge in [0.1, 0.15) is 0 Å². The van der Waals surface area contributed by atoms with E-state index >= 15 is 0 Å². The zero-order valence-electron chi connectivity index (χ0n) is 15.7. The maximum Gasteiger partial charge on any atom is 0.358 e. The van der Waals surface area contributed by atoms with Gasteiger partial charge in [-0.25, -0.2) is 9.78 Å². The molecule has 0 bridgehead atoms. The molecular weight excluding hydrogens is 430 g/mol. The van der Waals surface area contributed by atoms with E-state index in [-0.39, 0.29) is 17.2 Å². The third-order valence-electron chi connectivity index (χ3n) is 3.72. The van der Waals surface area contributed by atoms with E-state index in [4.69, 9.17) is 26.9 Å². The normalized spacial score (nSPS) is 10.3. The quantitative estimate of drug-likeness (QED) is 0.441. The molecule has 0 spiro atoms. The Hall–Kier alpha value is -3.50. The fourth-order valence-corrected chi connectivity index (χ4v) is 3.48. The molecule has 0 fully saturated rings. The molecule has 30 heavy (non-hydrogen) atoms. The number of carbonyl (C=O) groups is 2.